The molecule has 8 heteroatoms. The van der Waals surface area contributed by atoms with Crippen LogP contribution in [0.4, 0.5) is 17.8 Å². The Kier molecular flexibility index (Phi) is 3.65. The Bertz CT molecular complexity index is 536. The van der Waals surface area contributed by atoms with E-state index in [4.69, 9.17) is 16.2 Å². The minimum absolute atomic E-state index is 0.0726. The molecule has 1 aromatic rings. The van der Waals surface area contributed by atoms with E-state index in [-0.39, 0.29) is 17.9 Å². The van der Waals surface area contributed by atoms with E-state index in [2.05, 4.69) is 15.0 Å². The summed E-state index contributed by atoms with van der Waals surface area (Å²) in [7, 11) is 0. The van der Waals surface area contributed by atoms with Crippen molar-refractivity contribution >= 4 is 23.8 Å². The summed E-state index contributed by atoms with van der Waals surface area (Å²) in [5.41, 5.74) is 10.1. The van der Waals surface area contributed by atoms with Crippen LogP contribution in [0.2, 0.25) is 0 Å². The standard InChI is InChI=1S/C13H22N6O2/c1-12(2,3)21-8(20)13(4)5-6-19(7-13)11-17-9(14)16-10(15)18-11/h5-7H2,1-4H3,(H4,14,15,16,17,18). The van der Waals surface area contributed by atoms with Crippen LogP contribution in [0.5, 0.6) is 0 Å². The zero-order chi connectivity index (χ0) is 15.8. The Morgan fingerprint density at radius 3 is 2.33 bits per heavy atom. The lowest BCUT2D eigenvalue weighted by Gasteiger charge is -2.28. The van der Waals surface area contributed by atoms with Gasteiger partial charge in [-0.25, -0.2) is 0 Å². The van der Waals surface area contributed by atoms with E-state index < -0.39 is 11.0 Å². The summed E-state index contributed by atoms with van der Waals surface area (Å²) < 4.78 is 5.49. The average Bonchev–Trinajstić information content (AvgIpc) is 2.70. The largest absolute Gasteiger partial charge is 0.459 e. The van der Waals surface area contributed by atoms with E-state index in [9.17, 15) is 4.79 Å². The molecule has 8 nitrogen and oxygen atoms in total. The molecule has 0 bridgehead atoms. The van der Waals surface area contributed by atoms with E-state index in [0.29, 0.717) is 25.5 Å². The number of nitrogens with two attached hydrogens (primary N) is 2. The van der Waals surface area contributed by atoms with Gasteiger partial charge in [0.1, 0.15) is 5.60 Å². The molecule has 0 amide bonds. The van der Waals surface area contributed by atoms with Crippen molar-refractivity contribution in [1.29, 1.82) is 0 Å². The van der Waals surface area contributed by atoms with Gasteiger partial charge in [0.2, 0.25) is 17.8 Å². The number of hydrogen-bond acceptors (Lipinski definition) is 8. The second kappa shape index (κ2) is 5.01. The third-order valence-electron chi connectivity index (χ3n) is 3.31. The van der Waals surface area contributed by atoms with Crippen LogP contribution >= 0.6 is 0 Å². The van der Waals surface area contributed by atoms with Crippen molar-refractivity contribution in [2.75, 3.05) is 29.5 Å². The van der Waals surface area contributed by atoms with Crippen molar-refractivity contribution in [3.63, 3.8) is 0 Å². The first-order chi connectivity index (χ1) is 9.59. The maximum absolute atomic E-state index is 12.3. The van der Waals surface area contributed by atoms with Crippen molar-refractivity contribution in [2.24, 2.45) is 5.41 Å². The highest BCUT2D eigenvalue weighted by molar-refractivity contribution is 5.78. The van der Waals surface area contributed by atoms with Crippen molar-refractivity contribution in [3.05, 3.63) is 0 Å². The van der Waals surface area contributed by atoms with E-state index >= 15 is 0 Å². The van der Waals surface area contributed by atoms with Gasteiger partial charge in [-0.2, -0.15) is 15.0 Å². The molecule has 4 N–H and O–H groups in total. The molecule has 0 saturated carbocycles. The maximum Gasteiger partial charge on any atom is 0.314 e. The molecule has 2 heterocycles. The van der Waals surface area contributed by atoms with Crippen LogP contribution in [0, 0.1) is 5.41 Å². The van der Waals surface area contributed by atoms with Gasteiger partial charge in [-0.05, 0) is 34.1 Å². The number of esters is 1. The van der Waals surface area contributed by atoms with Gasteiger partial charge in [-0.3, -0.25) is 4.79 Å². The van der Waals surface area contributed by atoms with Gasteiger partial charge in [0.05, 0.1) is 5.41 Å². The molecule has 0 aromatic carbocycles. The summed E-state index contributed by atoms with van der Waals surface area (Å²) in [5.74, 6) is 0.325. The number of carbonyl (C=O) groups is 1. The number of nitrogen functional groups attached to an aromatic ring is 2. The van der Waals surface area contributed by atoms with Crippen molar-refractivity contribution in [1.82, 2.24) is 15.0 Å². The van der Waals surface area contributed by atoms with Crippen LogP contribution in [0.25, 0.3) is 0 Å². The predicted octanol–water partition coefficient (Wildman–Crippen LogP) is 0.594. The summed E-state index contributed by atoms with van der Waals surface area (Å²) in [4.78, 5) is 26.1. The van der Waals surface area contributed by atoms with Crippen LogP contribution in [0.1, 0.15) is 34.1 Å². The number of anilines is 3. The summed E-state index contributed by atoms with van der Waals surface area (Å²) in [6.07, 6.45) is 0.660. The number of hydrogen-bond donors (Lipinski definition) is 2. The number of ether oxygens (including phenoxy) is 1. The molecule has 1 atom stereocenters. The fourth-order valence-corrected chi connectivity index (χ4v) is 2.24. The molecule has 0 radical (unpaired) electrons. The number of carbonyl (C=O) groups excluding carboxylic acids is 1. The highest BCUT2D eigenvalue weighted by Crippen LogP contribution is 2.34. The Hall–Kier alpha value is -2.12. The van der Waals surface area contributed by atoms with Gasteiger partial charge < -0.3 is 21.1 Å². The minimum Gasteiger partial charge on any atom is -0.459 e. The normalized spacial score (nSPS) is 22.4. The van der Waals surface area contributed by atoms with Crippen LogP contribution < -0.4 is 16.4 Å². The van der Waals surface area contributed by atoms with Crippen LogP contribution in [-0.2, 0) is 9.53 Å². The molecule has 21 heavy (non-hydrogen) atoms. The second-order valence-corrected chi connectivity index (χ2v) is 6.59. The molecule has 2 rings (SSSR count). The average molecular weight is 294 g/mol. The topological polar surface area (TPSA) is 120 Å². The van der Waals surface area contributed by atoms with E-state index in [0.717, 1.165) is 0 Å². The Morgan fingerprint density at radius 1 is 1.24 bits per heavy atom. The van der Waals surface area contributed by atoms with Crippen molar-refractivity contribution in [3.8, 4) is 0 Å². The summed E-state index contributed by atoms with van der Waals surface area (Å²) in [6.45, 7) is 8.55. The molecular formula is C13H22N6O2. The van der Waals surface area contributed by atoms with E-state index in [1.165, 1.54) is 0 Å². The minimum atomic E-state index is -0.594. The third-order valence-corrected chi connectivity index (χ3v) is 3.31. The van der Waals surface area contributed by atoms with Crippen LogP contribution in [0.15, 0.2) is 0 Å². The lowest BCUT2D eigenvalue weighted by molar-refractivity contribution is -0.165. The fourth-order valence-electron chi connectivity index (χ4n) is 2.24. The Labute approximate surface area is 123 Å². The number of nitrogens with zero attached hydrogens (tertiary/aromatic N) is 4. The van der Waals surface area contributed by atoms with Gasteiger partial charge in [0, 0.05) is 13.1 Å². The zero-order valence-corrected chi connectivity index (χ0v) is 12.9. The third kappa shape index (κ3) is 3.50. The van der Waals surface area contributed by atoms with Crippen LogP contribution in [-0.4, -0.2) is 39.6 Å². The van der Waals surface area contributed by atoms with E-state index in [1.54, 1.807) is 0 Å². The zero-order valence-electron chi connectivity index (χ0n) is 12.9. The maximum atomic E-state index is 12.3. The quantitative estimate of drug-likeness (QED) is 0.760. The first kappa shape index (κ1) is 15.3. The Morgan fingerprint density at radius 2 is 1.81 bits per heavy atom. The lowest BCUT2D eigenvalue weighted by Crippen LogP contribution is -2.38. The molecule has 1 unspecified atom stereocenters. The van der Waals surface area contributed by atoms with Crippen LogP contribution in [0.3, 0.4) is 0 Å². The van der Waals surface area contributed by atoms with Gasteiger partial charge in [0.25, 0.3) is 0 Å². The fraction of sp³-hybridized carbons (Fsp3) is 0.692. The van der Waals surface area contributed by atoms with Gasteiger partial charge in [-0.1, -0.05) is 0 Å². The SMILES string of the molecule is CC(C)(C)OC(=O)C1(C)CCN(c2nc(N)nc(N)n2)C1. The first-order valence-corrected chi connectivity index (χ1v) is 6.84. The summed E-state index contributed by atoms with van der Waals surface area (Å²) in [6, 6.07) is 0. The highest BCUT2D eigenvalue weighted by atomic mass is 16.6. The molecule has 0 spiro atoms. The smallest absolute Gasteiger partial charge is 0.314 e. The Balaban J connectivity index is 2.13. The molecule has 1 aromatic heterocycles. The molecular weight excluding hydrogens is 272 g/mol. The second-order valence-electron chi connectivity index (χ2n) is 6.59. The molecule has 116 valence electrons. The van der Waals surface area contributed by atoms with Crippen molar-refractivity contribution in [2.45, 2.75) is 39.7 Å². The first-order valence-electron chi connectivity index (χ1n) is 6.84. The van der Waals surface area contributed by atoms with Gasteiger partial charge in [-0.15, -0.1) is 0 Å². The summed E-state index contributed by atoms with van der Waals surface area (Å²) in [5, 5.41) is 0. The number of aromatic nitrogens is 3. The highest BCUT2D eigenvalue weighted by Gasteiger charge is 2.44. The molecule has 1 fully saturated rings. The molecule has 1 saturated heterocycles. The van der Waals surface area contributed by atoms with Gasteiger partial charge >= 0.3 is 5.97 Å². The predicted molar refractivity (Wildman–Crippen MR) is 79.4 cm³/mol. The monoisotopic (exact) mass is 294 g/mol. The van der Waals surface area contributed by atoms with Crippen molar-refractivity contribution < 1.29 is 9.53 Å². The summed E-state index contributed by atoms with van der Waals surface area (Å²) >= 11 is 0. The molecule has 1 aliphatic rings. The van der Waals surface area contributed by atoms with E-state index in [1.807, 2.05) is 32.6 Å². The molecule has 0 aliphatic carbocycles. The number of rotatable bonds is 2. The lowest BCUT2D eigenvalue weighted by atomic mass is 9.90. The van der Waals surface area contributed by atoms with Gasteiger partial charge in [0.15, 0.2) is 0 Å². The molecule has 1 aliphatic heterocycles.